The molecular weight excluding hydrogens is 244 g/mol. The van der Waals surface area contributed by atoms with Gasteiger partial charge in [-0.1, -0.05) is 12.1 Å². The second-order valence-electron chi connectivity index (χ2n) is 4.61. The van der Waals surface area contributed by atoms with Gasteiger partial charge in [-0.2, -0.15) is 0 Å². The topological polar surface area (TPSA) is 47.9 Å². The van der Waals surface area contributed by atoms with E-state index in [1.165, 1.54) is 0 Å². The van der Waals surface area contributed by atoms with Crippen LogP contribution < -0.4 is 4.74 Å². The van der Waals surface area contributed by atoms with Gasteiger partial charge in [0.2, 0.25) is 0 Å². The van der Waals surface area contributed by atoms with Crippen LogP contribution in [0.3, 0.4) is 0 Å². The van der Waals surface area contributed by atoms with Crippen molar-refractivity contribution in [2.75, 3.05) is 13.2 Å². The van der Waals surface area contributed by atoms with Gasteiger partial charge in [-0.3, -0.25) is 0 Å². The SMILES string of the molecule is CCOC(OCC)C(O)c1ccc(OC2CC2)cc1. The lowest BCUT2D eigenvalue weighted by Crippen LogP contribution is -2.25. The van der Waals surface area contributed by atoms with Crippen LogP contribution in [-0.4, -0.2) is 30.7 Å². The molecule has 2 rings (SSSR count). The van der Waals surface area contributed by atoms with E-state index in [4.69, 9.17) is 14.2 Å². The normalized spacial score (nSPS) is 16.6. The summed E-state index contributed by atoms with van der Waals surface area (Å²) >= 11 is 0. The average molecular weight is 266 g/mol. The molecule has 1 unspecified atom stereocenters. The van der Waals surface area contributed by atoms with Gasteiger partial charge >= 0.3 is 0 Å². The first kappa shape index (κ1) is 14.3. The average Bonchev–Trinajstić information content (AvgIpc) is 3.23. The number of hydrogen-bond donors (Lipinski definition) is 1. The number of aliphatic hydroxyl groups excluding tert-OH is 1. The van der Waals surface area contributed by atoms with E-state index in [9.17, 15) is 5.11 Å². The lowest BCUT2D eigenvalue weighted by atomic mass is 10.1. The van der Waals surface area contributed by atoms with Crippen molar-refractivity contribution >= 4 is 0 Å². The maximum absolute atomic E-state index is 10.2. The Hall–Kier alpha value is -1.10. The molecule has 1 aliphatic rings. The molecule has 0 saturated heterocycles. The van der Waals surface area contributed by atoms with Crippen molar-refractivity contribution < 1.29 is 19.3 Å². The molecule has 0 aromatic heterocycles. The number of aliphatic hydroxyl groups is 1. The quantitative estimate of drug-likeness (QED) is 0.735. The molecule has 4 heteroatoms. The minimum atomic E-state index is -0.783. The standard InChI is InChI=1S/C15H22O4/c1-3-17-15(18-4-2)14(16)11-5-7-12(8-6-11)19-13-9-10-13/h5-8,13-16H,3-4,9-10H2,1-2H3. The van der Waals surface area contributed by atoms with Crippen LogP contribution in [0.4, 0.5) is 0 Å². The molecule has 1 atom stereocenters. The fraction of sp³-hybridized carbons (Fsp3) is 0.600. The second-order valence-corrected chi connectivity index (χ2v) is 4.61. The molecule has 4 nitrogen and oxygen atoms in total. The summed E-state index contributed by atoms with van der Waals surface area (Å²) in [6.07, 6.45) is 1.26. The van der Waals surface area contributed by atoms with E-state index >= 15 is 0 Å². The summed E-state index contributed by atoms with van der Waals surface area (Å²) in [5.41, 5.74) is 0.773. The number of ether oxygens (including phenoxy) is 3. The highest BCUT2D eigenvalue weighted by Gasteiger charge is 2.24. The van der Waals surface area contributed by atoms with Crippen LogP contribution in [0.5, 0.6) is 5.75 Å². The number of hydrogen-bond acceptors (Lipinski definition) is 4. The largest absolute Gasteiger partial charge is 0.490 e. The number of benzene rings is 1. The summed E-state index contributed by atoms with van der Waals surface area (Å²) in [7, 11) is 0. The fourth-order valence-electron chi connectivity index (χ4n) is 1.84. The first-order chi connectivity index (χ1) is 9.24. The van der Waals surface area contributed by atoms with E-state index in [2.05, 4.69) is 0 Å². The van der Waals surface area contributed by atoms with Crippen LogP contribution >= 0.6 is 0 Å². The first-order valence-electron chi connectivity index (χ1n) is 6.92. The van der Waals surface area contributed by atoms with Gasteiger partial charge in [-0.25, -0.2) is 0 Å². The van der Waals surface area contributed by atoms with Gasteiger partial charge < -0.3 is 19.3 Å². The highest BCUT2D eigenvalue weighted by molar-refractivity contribution is 5.29. The van der Waals surface area contributed by atoms with Crippen LogP contribution in [0, 0.1) is 0 Å². The third kappa shape index (κ3) is 4.20. The molecule has 106 valence electrons. The van der Waals surface area contributed by atoms with Crippen LogP contribution in [0.25, 0.3) is 0 Å². The van der Waals surface area contributed by atoms with E-state index in [-0.39, 0.29) is 0 Å². The van der Waals surface area contributed by atoms with Crippen molar-refractivity contribution in [2.45, 2.75) is 45.2 Å². The Balaban J connectivity index is 1.97. The zero-order valence-corrected chi connectivity index (χ0v) is 11.5. The fourth-order valence-corrected chi connectivity index (χ4v) is 1.84. The molecule has 1 aromatic carbocycles. The maximum atomic E-state index is 10.2. The molecule has 0 bridgehead atoms. The van der Waals surface area contributed by atoms with Crippen molar-refractivity contribution in [1.82, 2.24) is 0 Å². The van der Waals surface area contributed by atoms with Gasteiger partial charge in [-0.05, 0) is 44.4 Å². The molecule has 1 aromatic rings. The molecule has 1 N–H and O–H groups in total. The van der Waals surface area contributed by atoms with Crippen molar-refractivity contribution in [3.8, 4) is 5.75 Å². The minimum Gasteiger partial charge on any atom is -0.490 e. The van der Waals surface area contributed by atoms with Gasteiger partial charge in [0.25, 0.3) is 0 Å². The first-order valence-corrected chi connectivity index (χ1v) is 6.92. The summed E-state index contributed by atoms with van der Waals surface area (Å²) in [6.45, 7) is 4.77. The Morgan fingerprint density at radius 2 is 1.68 bits per heavy atom. The summed E-state index contributed by atoms with van der Waals surface area (Å²) in [4.78, 5) is 0. The summed E-state index contributed by atoms with van der Waals surface area (Å²) in [6, 6.07) is 7.47. The summed E-state index contributed by atoms with van der Waals surface area (Å²) in [5, 5.41) is 10.2. The predicted molar refractivity (Wildman–Crippen MR) is 72.1 cm³/mol. The molecule has 1 aliphatic carbocycles. The summed E-state index contributed by atoms with van der Waals surface area (Å²) < 4.78 is 16.5. The molecule has 0 amide bonds. The lowest BCUT2D eigenvalue weighted by Gasteiger charge is -2.23. The Morgan fingerprint density at radius 1 is 1.11 bits per heavy atom. The van der Waals surface area contributed by atoms with E-state index < -0.39 is 12.4 Å². The predicted octanol–water partition coefficient (Wildman–Crippen LogP) is 2.66. The van der Waals surface area contributed by atoms with E-state index in [1.54, 1.807) is 0 Å². The molecule has 19 heavy (non-hydrogen) atoms. The third-order valence-electron chi connectivity index (χ3n) is 2.97. The Bertz CT molecular complexity index is 366. The zero-order valence-electron chi connectivity index (χ0n) is 11.5. The van der Waals surface area contributed by atoms with Crippen LogP contribution in [0.2, 0.25) is 0 Å². The minimum absolute atomic E-state index is 0.385. The van der Waals surface area contributed by atoms with E-state index in [0.29, 0.717) is 19.3 Å². The highest BCUT2D eigenvalue weighted by atomic mass is 16.7. The Morgan fingerprint density at radius 3 is 2.16 bits per heavy atom. The molecule has 0 spiro atoms. The van der Waals surface area contributed by atoms with Gasteiger partial charge in [0, 0.05) is 13.2 Å². The van der Waals surface area contributed by atoms with E-state index in [1.807, 2.05) is 38.1 Å². The monoisotopic (exact) mass is 266 g/mol. The van der Waals surface area contributed by atoms with Gasteiger partial charge in [0.1, 0.15) is 11.9 Å². The van der Waals surface area contributed by atoms with Crippen molar-refractivity contribution in [3.63, 3.8) is 0 Å². The molecule has 0 heterocycles. The van der Waals surface area contributed by atoms with Crippen molar-refractivity contribution in [2.24, 2.45) is 0 Å². The van der Waals surface area contributed by atoms with Crippen LogP contribution in [0.15, 0.2) is 24.3 Å². The molecule has 0 radical (unpaired) electrons. The Labute approximate surface area is 114 Å². The van der Waals surface area contributed by atoms with Gasteiger partial charge in [0.15, 0.2) is 6.29 Å². The van der Waals surface area contributed by atoms with Crippen LogP contribution in [0.1, 0.15) is 38.4 Å². The Kier molecular flexibility index (Phi) is 5.19. The second kappa shape index (κ2) is 6.89. The third-order valence-corrected chi connectivity index (χ3v) is 2.97. The molecular formula is C15H22O4. The van der Waals surface area contributed by atoms with Crippen molar-refractivity contribution in [3.05, 3.63) is 29.8 Å². The zero-order chi connectivity index (χ0) is 13.7. The van der Waals surface area contributed by atoms with Crippen molar-refractivity contribution in [1.29, 1.82) is 0 Å². The molecule has 0 aliphatic heterocycles. The van der Waals surface area contributed by atoms with E-state index in [0.717, 1.165) is 24.2 Å². The van der Waals surface area contributed by atoms with Crippen LogP contribution in [-0.2, 0) is 9.47 Å². The highest BCUT2D eigenvalue weighted by Crippen LogP contribution is 2.28. The van der Waals surface area contributed by atoms with Gasteiger partial charge in [-0.15, -0.1) is 0 Å². The maximum Gasteiger partial charge on any atom is 0.187 e. The number of rotatable bonds is 8. The van der Waals surface area contributed by atoms with Gasteiger partial charge in [0.05, 0.1) is 6.10 Å². The smallest absolute Gasteiger partial charge is 0.187 e. The molecule has 1 saturated carbocycles. The summed E-state index contributed by atoms with van der Waals surface area (Å²) in [5.74, 6) is 0.850. The molecule has 1 fully saturated rings. The lowest BCUT2D eigenvalue weighted by molar-refractivity contribution is -0.191.